The number of carbonyl (C=O) groups is 2. The average Bonchev–Trinajstić information content (AvgIpc) is 3.21. The predicted molar refractivity (Wildman–Crippen MR) is 119 cm³/mol. The van der Waals surface area contributed by atoms with Crippen molar-refractivity contribution in [3.8, 4) is 11.1 Å². The Morgan fingerprint density at radius 1 is 1.20 bits per heavy atom. The minimum atomic E-state index is -0.715. The number of hydrogen-bond donors (Lipinski definition) is 2. The molecule has 1 aliphatic heterocycles. The highest BCUT2D eigenvalue weighted by molar-refractivity contribution is 6.31. The molecular weight excluding hydrogens is 423 g/mol. The van der Waals surface area contributed by atoms with Crippen molar-refractivity contribution < 1.29 is 9.59 Å². The third-order valence-electron chi connectivity index (χ3n) is 5.12. The van der Waals surface area contributed by atoms with Gasteiger partial charge < -0.3 is 10.6 Å². The lowest BCUT2D eigenvalue weighted by atomic mass is 10.0. The molecule has 0 radical (unpaired) electrons. The van der Waals surface area contributed by atoms with Gasteiger partial charge in [-0.15, -0.1) is 0 Å². The standard InChI is InChI=1S/C22H20Cl2N4O2/c1-3-17-20(13-5-7-14(23)8-6-13)21-26-22(30)18(28(21)27-17)11-19(29)25-15-9-4-12(2)16(24)10-15/h4-10,18H,3,11H2,1-2H3,(H,25,29)(H,26,30). The zero-order chi connectivity index (χ0) is 21.4. The molecule has 0 bridgehead atoms. The lowest BCUT2D eigenvalue weighted by Crippen LogP contribution is -2.24. The molecule has 2 N–H and O–H groups in total. The number of aromatic nitrogens is 2. The van der Waals surface area contributed by atoms with Crippen molar-refractivity contribution in [2.45, 2.75) is 32.7 Å². The fraction of sp³-hybridized carbons (Fsp3) is 0.227. The first-order valence-electron chi connectivity index (χ1n) is 9.61. The van der Waals surface area contributed by atoms with E-state index < -0.39 is 6.04 Å². The van der Waals surface area contributed by atoms with Crippen molar-refractivity contribution in [1.29, 1.82) is 0 Å². The summed E-state index contributed by atoms with van der Waals surface area (Å²) in [7, 11) is 0. The number of nitrogens with one attached hydrogen (secondary N) is 2. The molecule has 8 heteroatoms. The maximum absolute atomic E-state index is 12.6. The highest BCUT2D eigenvalue weighted by atomic mass is 35.5. The number of carbonyl (C=O) groups excluding carboxylic acids is 2. The molecule has 1 aromatic heterocycles. The number of benzene rings is 2. The molecule has 2 amide bonds. The van der Waals surface area contributed by atoms with E-state index in [0.717, 1.165) is 22.4 Å². The van der Waals surface area contributed by atoms with Crippen LogP contribution in [0.4, 0.5) is 11.5 Å². The second kappa shape index (κ2) is 8.13. The largest absolute Gasteiger partial charge is 0.326 e. The summed E-state index contributed by atoms with van der Waals surface area (Å²) >= 11 is 12.1. The van der Waals surface area contributed by atoms with E-state index in [1.165, 1.54) is 0 Å². The Kier molecular flexibility index (Phi) is 5.54. The molecule has 0 saturated heterocycles. The van der Waals surface area contributed by atoms with Gasteiger partial charge in [0.1, 0.15) is 11.9 Å². The number of aryl methyl sites for hydroxylation is 2. The molecule has 0 saturated carbocycles. The second-order valence-electron chi connectivity index (χ2n) is 7.20. The minimum Gasteiger partial charge on any atom is -0.326 e. The predicted octanol–water partition coefficient (Wildman–Crippen LogP) is 5.25. The maximum atomic E-state index is 12.6. The molecule has 0 fully saturated rings. The van der Waals surface area contributed by atoms with Crippen LogP contribution in [-0.2, 0) is 16.0 Å². The Hall–Kier alpha value is -2.83. The van der Waals surface area contributed by atoms with E-state index in [1.54, 1.807) is 28.9 Å². The summed E-state index contributed by atoms with van der Waals surface area (Å²) in [6.07, 6.45) is 0.657. The van der Waals surface area contributed by atoms with E-state index >= 15 is 0 Å². The van der Waals surface area contributed by atoms with E-state index in [0.29, 0.717) is 28.0 Å². The van der Waals surface area contributed by atoms with Gasteiger partial charge in [-0.2, -0.15) is 5.10 Å². The number of nitrogens with zero attached hydrogens (tertiary/aromatic N) is 2. The van der Waals surface area contributed by atoms with E-state index in [1.807, 2.05) is 32.0 Å². The topological polar surface area (TPSA) is 76.0 Å². The molecule has 0 aliphatic carbocycles. The highest BCUT2D eigenvalue weighted by Gasteiger charge is 2.36. The van der Waals surface area contributed by atoms with Crippen LogP contribution in [0.2, 0.25) is 10.0 Å². The maximum Gasteiger partial charge on any atom is 0.251 e. The van der Waals surface area contributed by atoms with Crippen molar-refractivity contribution in [2.24, 2.45) is 0 Å². The van der Waals surface area contributed by atoms with E-state index in [-0.39, 0.29) is 18.2 Å². The first-order chi connectivity index (χ1) is 14.4. The average molecular weight is 443 g/mol. The summed E-state index contributed by atoms with van der Waals surface area (Å²) in [5.74, 6) is 0.0623. The third-order valence-corrected chi connectivity index (χ3v) is 5.78. The Balaban J connectivity index is 1.60. The van der Waals surface area contributed by atoms with Crippen molar-refractivity contribution >= 4 is 46.5 Å². The number of fused-ring (bicyclic) bond motifs is 1. The van der Waals surface area contributed by atoms with Gasteiger partial charge in [0.15, 0.2) is 0 Å². The van der Waals surface area contributed by atoms with Crippen LogP contribution in [0.3, 0.4) is 0 Å². The Morgan fingerprint density at radius 3 is 2.60 bits per heavy atom. The minimum absolute atomic E-state index is 0.0325. The lowest BCUT2D eigenvalue weighted by Gasteiger charge is -2.11. The van der Waals surface area contributed by atoms with Gasteiger partial charge in [0, 0.05) is 21.3 Å². The molecule has 1 unspecified atom stereocenters. The van der Waals surface area contributed by atoms with Crippen LogP contribution in [0.15, 0.2) is 42.5 Å². The van der Waals surface area contributed by atoms with Crippen molar-refractivity contribution in [2.75, 3.05) is 10.6 Å². The summed E-state index contributed by atoms with van der Waals surface area (Å²) in [4.78, 5) is 25.2. The van der Waals surface area contributed by atoms with Crippen molar-refractivity contribution in [3.63, 3.8) is 0 Å². The van der Waals surface area contributed by atoms with Gasteiger partial charge in [-0.1, -0.05) is 48.3 Å². The van der Waals surface area contributed by atoms with Gasteiger partial charge in [-0.05, 0) is 48.7 Å². The van der Waals surface area contributed by atoms with Gasteiger partial charge in [-0.25, -0.2) is 4.68 Å². The molecule has 4 rings (SSSR count). The molecule has 1 aliphatic rings. The summed E-state index contributed by atoms with van der Waals surface area (Å²) in [5, 5.41) is 11.5. The normalized spacial score (nSPS) is 15.1. The van der Waals surface area contributed by atoms with Crippen LogP contribution >= 0.6 is 23.2 Å². The van der Waals surface area contributed by atoms with Crippen LogP contribution in [0, 0.1) is 6.92 Å². The molecule has 2 aromatic carbocycles. The van der Waals surface area contributed by atoms with Crippen molar-refractivity contribution in [1.82, 2.24) is 9.78 Å². The Morgan fingerprint density at radius 2 is 1.93 bits per heavy atom. The number of rotatable bonds is 5. The van der Waals surface area contributed by atoms with Crippen LogP contribution in [-0.4, -0.2) is 21.6 Å². The number of hydrogen-bond acceptors (Lipinski definition) is 3. The van der Waals surface area contributed by atoms with E-state index in [4.69, 9.17) is 23.2 Å². The zero-order valence-electron chi connectivity index (χ0n) is 16.5. The zero-order valence-corrected chi connectivity index (χ0v) is 18.0. The summed E-state index contributed by atoms with van der Waals surface area (Å²) in [6, 6.07) is 12.0. The second-order valence-corrected chi connectivity index (χ2v) is 8.04. The molecule has 3 aromatic rings. The van der Waals surface area contributed by atoms with Crippen LogP contribution in [0.1, 0.15) is 30.6 Å². The quantitative estimate of drug-likeness (QED) is 0.566. The molecule has 30 heavy (non-hydrogen) atoms. The Bertz CT molecular complexity index is 1140. The van der Waals surface area contributed by atoms with Crippen molar-refractivity contribution in [3.05, 3.63) is 63.8 Å². The first-order valence-corrected chi connectivity index (χ1v) is 10.4. The molecule has 2 heterocycles. The molecule has 0 spiro atoms. The SMILES string of the molecule is CCc1nn2c(c1-c1ccc(Cl)cc1)NC(=O)C2CC(=O)Nc1ccc(C)c(Cl)c1. The Labute approximate surface area is 184 Å². The molecular formula is C22H20Cl2N4O2. The summed E-state index contributed by atoms with van der Waals surface area (Å²) < 4.78 is 1.62. The van der Waals surface area contributed by atoms with Gasteiger partial charge in [0.05, 0.1) is 12.1 Å². The molecule has 1 atom stereocenters. The number of halogens is 2. The monoisotopic (exact) mass is 442 g/mol. The molecule has 154 valence electrons. The molecule has 6 nitrogen and oxygen atoms in total. The summed E-state index contributed by atoms with van der Waals surface area (Å²) in [6.45, 7) is 3.89. The summed E-state index contributed by atoms with van der Waals surface area (Å²) in [5.41, 5.74) is 4.13. The van der Waals surface area contributed by atoms with Gasteiger partial charge in [0.25, 0.3) is 5.91 Å². The van der Waals surface area contributed by atoms with E-state index in [2.05, 4.69) is 15.7 Å². The van der Waals surface area contributed by atoms with Crippen LogP contribution < -0.4 is 10.6 Å². The first kappa shape index (κ1) is 20.4. The van der Waals surface area contributed by atoms with E-state index in [9.17, 15) is 9.59 Å². The number of anilines is 2. The van der Waals surface area contributed by atoms with Crippen LogP contribution in [0.25, 0.3) is 11.1 Å². The fourth-order valence-electron chi connectivity index (χ4n) is 3.54. The fourth-order valence-corrected chi connectivity index (χ4v) is 3.85. The van der Waals surface area contributed by atoms with Gasteiger partial charge in [0.2, 0.25) is 5.91 Å². The smallest absolute Gasteiger partial charge is 0.251 e. The highest BCUT2D eigenvalue weighted by Crippen LogP contribution is 2.39. The number of amides is 2. The van der Waals surface area contributed by atoms with Gasteiger partial charge >= 0.3 is 0 Å². The van der Waals surface area contributed by atoms with Gasteiger partial charge in [-0.3, -0.25) is 9.59 Å². The third kappa shape index (κ3) is 3.80. The van der Waals surface area contributed by atoms with Crippen LogP contribution in [0.5, 0.6) is 0 Å². The lowest BCUT2D eigenvalue weighted by molar-refractivity contribution is -0.123.